The van der Waals surface area contributed by atoms with Gasteiger partial charge >= 0.3 is 0 Å². The molecule has 22 heavy (non-hydrogen) atoms. The molecule has 2 aromatic rings. The van der Waals surface area contributed by atoms with E-state index >= 15 is 0 Å². The standard InChI is InChI=1S/C19H20N2O/c1-15(2)9-12-19(22)21-18-8-5-6-16(14-18)10-11-17-7-3-4-13-20-17/h3-8,13-15H,9,12H2,1-2H3,(H,21,22). The molecular formula is C19H20N2O. The summed E-state index contributed by atoms with van der Waals surface area (Å²) in [6, 6.07) is 13.2. The highest BCUT2D eigenvalue weighted by Gasteiger charge is 2.04. The second-order valence-electron chi connectivity index (χ2n) is 5.53. The molecule has 1 aromatic heterocycles. The van der Waals surface area contributed by atoms with Gasteiger partial charge in [-0.25, -0.2) is 4.98 Å². The van der Waals surface area contributed by atoms with E-state index < -0.39 is 0 Å². The van der Waals surface area contributed by atoms with Crippen molar-refractivity contribution in [1.82, 2.24) is 4.98 Å². The maximum absolute atomic E-state index is 11.9. The Labute approximate surface area is 131 Å². The third-order valence-electron chi connectivity index (χ3n) is 3.09. The molecular weight excluding hydrogens is 272 g/mol. The smallest absolute Gasteiger partial charge is 0.224 e. The Morgan fingerprint density at radius 3 is 2.77 bits per heavy atom. The van der Waals surface area contributed by atoms with Gasteiger partial charge in [-0.1, -0.05) is 31.9 Å². The quantitative estimate of drug-likeness (QED) is 0.870. The van der Waals surface area contributed by atoms with Crippen LogP contribution in [0.1, 0.15) is 37.9 Å². The minimum absolute atomic E-state index is 0.0449. The number of nitrogens with zero attached hydrogens (tertiary/aromatic N) is 1. The topological polar surface area (TPSA) is 42.0 Å². The van der Waals surface area contributed by atoms with Crippen LogP contribution in [-0.2, 0) is 4.79 Å². The fourth-order valence-electron chi connectivity index (χ4n) is 1.89. The normalized spacial score (nSPS) is 9.95. The third-order valence-corrected chi connectivity index (χ3v) is 3.09. The van der Waals surface area contributed by atoms with Crippen molar-refractivity contribution in [2.24, 2.45) is 5.92 Å². The fourth-order valence-corrected chi connectivity index (χ4v) is 1.89. The van der Waals surface area contributed by atoms with E-state index in [0.29, 0.717) is 12.3 Å². The van der Waals surface area contributed by atoms with Gasteiger partial charge in [0.1, 0.15) is 5.69 Å². The van der Waals surface area contributed by atoms with Crippen LogP contribution in [0, 0.1) is 17.8 Å². The summed E-state index contributed by atoms with van der Waals surface area (Å²) in [6.45, 7) is 4.22. The molecule has 0 saturated heterocycles. The number of hydrogen-bond donors (Lipinski definition) is 1. The van der Waals surface area contributed by atoms with Crippen LogP contribution in [-0.4, -0.2) is 10.9 Å². The summed E-state index contributed by atoms with van der Waals surface area (Å²) in [5.74, 6) is 6.64. The summed E-state index contributed by atoms with van der Waals surface area (Å²) < 4.78 is 0. The van der Waals surface area contributed by atoms with Crippen molar-refractivity contribution in [2.75, 3.05) is 5.32 Å². The van der Waals surface area contributed by atoms with Crippen LogP contribution in [0.3, 0.4) is 0 Å². The first-order chi connectivity index (χ1) is 10.6. The Balaban J connectivity index is 2.01. The van der Waals surface area contributed by atoms with E-state index in [1.54, 1.807) is 6.20 Å². The van der Waals surface area contributed by atoms with E-state index in [1.165, 1.54) is 0 Å². The molecule has 0 bridgehead atoms. The molecule has 3 nitrogen and oxygen atoms in total. The van der Waals surface area contributed by atoms with E-state index in [4.69, 9.17) is 0 Å². The van der Waals surface area contributed by atoms with Gasteiger partial charge in [0.15, 0.2) is 0 Å². The first-order valence-electron chi connectivity index (χ1n) is 7.46. The molecule has 1 N–H and O–H groups in total. The molecule has 3 heteroatoms. The van der Waals surface area contributed by atoms with Crippen LogP contribution >= 0.6 is 0 Å². The van der Waals surface area contributed by atoms with E-state index in [0.717, 1.165) is 23.4 Å². The summed E-state index contributed by atoms with van der Waals surface area (Å²) in [5, 5.41) is 2.91. The summed E-state index contributed by atoms with van der Waals surface area (Å²) in [7, 11) is 0. The Bertz CT molecular complexity index is 681. The molecule has 0 radical (unpaired) electrons. The lowest BCUT2D eigenvalue weighted by Crippen LogP contribution is -2.12. The zero-order valence-corrected chi connectivity index (χ0v) is 13.0. The minimum Gasteiger partial charge on any atom is -0.326 e. The van der Waals surface area contributed by atoms with Gasteiger partial charge in [-0.3, -0.25) is 4.79 Å². The minimum atomic E-state index is 0.0449. The summed E-state index contributed by atoms with van der Waals surface area (Å²) >= 11 is 0. The second kappa shape index (κ2) is 7.99. The lowest BCUT2D eigenvalue weighted by molar-refractivity contribution is -0.116. The molecule has 0 unspecified atom stereocenters. The van der Waals surface area contributed by atoms with Gasteiger partial charge < -0.3 is 5.32 Å². The van der Waals surface area contributed by atoms with Crippen molar-refractivity contribution in [3.63, 3.8) is 0 Å². The third kappa shape index (κ3) is 5.41. The van der Waals surface area contributed by atoms with Crippen molar-refractivity contribution in [3.8, 4) is 11.8 Å². The highest BCUT2D eigenvalue weighted by Crippen LogP contribution is 2.12. The SMILES string of the molecule is CC(C)CCC(=O)Nc1cccc(C#Cc2ccccn2)c1. The molecule has 1 amide bonds. The van der Waals surface area contributed by atoms with Crippen LogP contribution in [0.5, 0.6) is 0 Å². The predicted molar refractivity (Wildman–Crippen MR) is 89.4 cm³/mol. The van der Waals surface area contributed by atoms with Crippen molar-refractivity contribution < 1.29 is 4.79 Å². The summed E-state index contributed by atoms with van der Waals surface area (Å²) in [5.41, 5.74) is 2.36. The largest absolute Gasteiger partial charge is 0.326 e. The molecule has 0 saturated carbocycles. The van der Waals surface area contributed by atoms with E-state index in [9.17, 15) is 4.79 Å². The molecule has 112 valence electrons. The van der Waals surface area contributed by atoms with Crippen molar-refractivity contribution in [2.45, 2.75) is 26.7 Å². The van der Waals surface area contributed by atoms with Gasteiger partial charge in [-0.15, -0.1) is 0 Å². The number of hydrogen-bond acceptors (Lipinski definition) is 2. The molecule has 0 atom stereocenters. The average Bonchev–Trinajstić information content (AvgIpc) is 2.52. The zero-order valence-electron chi connectivity index (χ0n) is 13.0. The number of aromatic nitrogens is 1. The average molecular weight is 292 g/mol. The van der Waals surface area contributed by atoms with Crippen molar-refractivity contribution in [1.29, 1.82) is 0 Å². The van der Waals surface area contributed by atoms with E-state index in [-0.39, 0.29) is 5.91 Å². The van der Waals surface area contributed by atoms with Gasteiger partial charge in [0.05, 0.1) is 0 Å². The Kier molecular flexibility index (Phi) is 5.73. The number of anilines is 1. The number of benzene rings is 1. The van der Waals surface area contributed by atoms with E-state index in [2.05, 4.69) is 36.0 Å². The number of rotatable bonds is 4. The Hall–Kier alpha value is -2.60. The lowest BCUT2D eigenvalue weighted by Gasteiger charge is -2.07. The molecule has 1 heterocycles. The fraction of sp³-hybridized carbons (Fsp3) is 0.263. The van der Waals surface area contributed by atoms with Gasteiger partial charge in [-0.05, 0) is 48.6 Å². The number of carbonyl (C=O) groups is 1. The van der Waals surface area contributed by atoms with Crippen LogP contribution in [0.25, 0.3) is 0 Å². The highest BCUT2D eigenvalue weighted by molar-refractivity contribution is 5.90. The van der Waals surface area contributed by atoms with Gasteiger partial charge in [0.2, 0.25) is 5.91 Å². The monoisotopic (exact) mass is 292 g/mol. The van der Waals surface area contributed by atoms with Crippen molar-refractivity contribution >= 4 is 11.6 Å². The molecule has 2 rings (SSSR count). The second-order valence-corrected chi connectivity index (χ2v) is 5.53. The predicted octanol–water partition coefficient (Wildman–Crippen LogP) is 3.86. The molecule has 0 fully saturated rings. The van der Waals surface area contributed by atoms with Crippen molar-refractivity contribution in [3.05, 3.63) is 59.9 Å². The molecule has 1 aromatic carbocycles. The van der Waals surface area contributed by atoms with Crippen LogP contribution in [0.4, 0.5) is 5.69 Å². The number of nitrogens with one attached hydrogen (secondary N) is 1. The lowest BCUT2D eigenvalue weighted by atomic mass is 10.1. The number of pyridine rings is 1. The molecule has 0 spiro atoms. The molecule has 0 aliphatic carbocycles. The first-order valence-corrected chi connectivity index (χ1v) is 7.46. The maximum Gasteiger partial charge on any atom is 0.224 e. The maximum atomic E-state index is 11.9. The summed E-state index contributed by atoms with van der Waals surface area (Å²) in [4.78, 5) is 16.0. The van der Waals surface area contributed by atoms with Crippen LogP contribution in [0.15, 0.2) is 48.7 Å². The molecule has 0 aliphatic heterocycles. The van der Waals surface area contributed by atoms with E-state index in [1.807, 2.05) is 42.5 Å². The first kappa shape index (κ1) is 15.8. The van der Waals surface area contributed by atoms with Crippen LogP contribution in [0.2, 0.25) is 0 Å². The van der Waals surface area contributed by atoms with Gasteiger partial charge in [0.25, 0.3) is 0 Å². The van der Waals surface area contributed by atoms with Crippen LogP contribution < -0.4 is 5.32 Å². The molecule has 0 aliphatic rings. The Morgan fingerprint density at radius 1 is 1.18 bits per heavy atom. The Morgan fingerprint density at radius 2 is 2.05 bits per heavy atom. The zero-order chi connectivity index (χ0) is 15.8. The van der Waals surface area contributed by atoms with Gasteiger partial charge in [-0.2, -0.15) is 0 Å². The number of amides is 1. The number of carbonyl (C=O) groups excluding carboxylic acids is 1. The van der Waals surface area contributed by atoms with Gasteiger partial charge in [0, 0.05) is 23.9 Å². The summed E-state index contributed by atoms with van der Waals surface area (Å²) in [6.07, 6.45) is 3.15. The highest BCUT2D eigenvalue weighted by atomic mass is 16.1.